The van der Waals surface area contributed by atoms with Crippen LogP contribution >= 0.6 is 0 Å². The number of amides is 1. The maximum absolute atomic E-state index is 12.3. The Morgan fingerprint density at radius 1 is 1.36 bits per heavy atom. The van der Waals surface area contributed by atoms with Crippen LogP contribution in [0.25, 0.3) is 5.78 Å². The van der Waals surface area contributed by atoms with E-state index in [0.29, 0.717) is 12.3 Å². The number of hydrogen-bond acceptors (Lipinski definition) is 5. The number of aryl methyl sites for hydroxylation is 2. The largest absolute Gasteiger partial charge is 0.347 e. The van der Waals surface area contributed by atoms with Gasteiger partial charge in [0.15, 0.2) is 0 Å². The Kier molecular flexibility index (Phi) is 3.58. The fourth-order valence-corrected chi connectivity index (χ4v) is 2.33. The smallest absolute Gasteiger partial charge is 0.289 e. The van der Waals surface area contributed by atoms with Crippen molar-refractivity contribution in [1.29, 1.82) is 0 Å². The molecule has 3 aromatic rings. The summed E-state index contributed by atoms with van der Waals surface area (Å²) in [5.41, 5.74) is 1.72. The zero-order chi connectivity index (χ0) is 15.7. The van der Waals surface area contributed by atoms with Gasteiger partial charge in [0.1, 0.15) is 0 Å². The fourth-order valence-electron chi connectivity index (χ4n) is 2.33. The molecule has 0 bridgehead atoms. The summed E-state index contributed by atoms with van der Waals surface area (Å²) >= 11 is 0. The van der Waals surface area contributed by atoms with Gasteiger partial charge in [-0.05, 0) is 26.8 Å². The van der Waals surface area contributed by atoms with Crippen LogP contribution in [0.5, 0.6) is 0 Å². The topological polar surface area (TPSA) is 90.0 Å². The number of nitrogens with zero attached hydrogens (tertiary/aromatic N) is 6. The van der Waals surface area contributed by atoms with Crippen molar-refractivity contribution in [3.8, 4) is 0 Å². The molecule has 0 spiro atoms. The molecular weight excluding hydrogens is 282 g/mol. The van der Waals surface area contributed by atoms with Crippen LogP contribution in [0.1, 0.15) is 35.0 Å². The summed E-state index contributed by atoms with van der Waals surface area (Å²) in [7, 11) is 0. The number of imidazole rings is 1. The average molecular weight is 299 g/mol. The Balaban J connectivity index is 1.78. The minimum Gasteiger partial charge on any atom is -0.347 e. The first-order valence-corrected chi connectivity index (χ1v) is 7.01. The van der Waals surface area contributed by atoms with Gasteiger partial charge in [0.05, 0.1) is 6.33 Å². The van der Waals surface area contributed by atoms with E-state index >= 15 is 0 Å². The van der Waals surface area contributed by atoms with Crippen LogP contribution in [0.4, 0.5) is 0 Å². The van der Waals surface area contributed by atoms with Crippen molar-refractivity contribution in [2.45, 2.75) is 26.8 Å². The molecule has 1 amide bonds. The standard InChI is InChI=1S/C14H17N7O/c1-9-6-10(2)21-12(18-19-14(21)17-9)13(22)16-7-11(3)20-5-4-15-8-20/h4-6,8,11H,7H2,1-3H3,(H,16,22). The molecule has 1 unspecified atom stereocenters. The van der Waals surface area contributed by atoms with Crippen LogP contribution in [-0.4, -0.2) is 41.6 Å². The quantitative estimate of drug-likeness (QED) is 0.774. The Bertz CT molecular complexity index is 806. The van der Waals surface area contributed by atoms with E-state index in [1.807, 2.05) is 37.6 Å². The molecular formula is C14H17N7O. The lowest BCUT2D eigenvalue weighted by Crippen LogP contribution is -2.31. The Labute approximate surface area is 127 Å². The second-order valence-electron chi connectivity index (χ2n) is 5.27. The minimum atomic E-state index is -0.270. The van der Waals surface area contributed by atoms with E-state index in [4.69, 9.17) is 0 Å². The van der Waals surface area contributed by atoms with Crippen LogP contribution in [0, 0.1) is 13.8 Å². The van der Waals surface area contributed by atoms with Crippen LogP contribution in [0.15, 0.2) is 24.8 Å². The molecule has 8 heteroatoms. The Hall–Kier alpha value is -2.77. The predicted octanol–water partition coefficient (Wildman–Crippen LogP) is 0.929. The van der Waals surface area contributed by atoms with Crippen LogP contribution in [0.2, 0.25) is 0 Å². The molecule has 0 saturated carbocycles. The number of fused-ring (bicyclic) bond motifs is 1. The molecule has 3 aromatic heterocycles. The summed E-state index contributed by atoms with van der Waals surface area (Å²) in [6.07, 6.45) is 5.29. The van der Waals surface area contributed by atoms with Gasteiger partial charge < -0.3 is 9.88 Å². The van der Waals surface area contributed by atoms with E-state index in [-0.39, 0.29) is 17.8 Å². The molecule has 0 aliphatic carbocycles. The van der Waals surface area contributed by atoms with E-state index < -0.39 is 0 Å². The van der Waals surface area contributed by atoms with Gasteiger partial charge in [-0.25, -0.2) is 9.97 Å². The number of nitrogens with one attached hydrogen (secondary N) is 1. The van der Waals surface area contributed by atoms with Crippen molar-refractivity contribution < 1.29 is 4.79 Å². The lowest BCUT2D eigenvalue weighted by atomic mass is 10.3. The van der Waals surface area contributed by atoms with Crippen molar-refractivity contribution in [2.24, 2.45) is 0 Å². The number of rotatable bonds is 4. The van der Waals surface area contributed by atoms with Gasteiger partial charge in [0.2, 0.25) is 5.82 Å². The molecule has 1 atom stereocenters. The van der Waals surface area contributed by atoms with Crippen molar-refractivity contribution >= 4 is 11.7 Å². The van der Waals surface area contributed by atoms with Crippen molar-refractivity contribution in [2.75, 3.05) is 6.54 Å². The third-order valence-electron chi connectivity index (χ3n) is 3.49. The van der Waals surface area contributed by atoms with E-state index in [0.717, 1.165) is 11.4 Å². The molecule has 3 heterocycles. The van der Waals surface area contributed by atoms with Crippen molar-refractivity contribution in [3.63, 3.8) is 0 Å². The zero-order valence-corrected chi connectivity index (χ0v) is 12.7. The summed E-state index contributed by atoms with van der Waals surface area (Å²) in [6, 6.07) is 1.99. The lowest BCUT2D eigenvalue weighted by molar-refractivity contribution is 0.0936. The minimum absolute atomic E-state index is 0.104. The van der Waals surface area contributed by atoms with Gasteiger partial charge in [0.25, 0.3) is 11.7 Å². The zero-order valence-electron chi connectivity index (χ0n) is 12.7. The second kappa shape index (κ2) is 5.55. The molecule has 0 saturated heterocycles. The summed E-state index contributed by atoms with van der Waals surface area (Å²) < 4.78 is 3.59. The highest BCUT2D eigenvalue weighted by atomic mass is 16.2. The first-order chi connectivity index (χ1) is 10.6. The molecule has 114 valence electrons. The van der Waals surface area contributed by atoms with Gasteiger partial charge in [-0.15, -0.1) is 10.2 Å². The molecule has 8 nitrogen and oxygen atoms in total. The molecule has 0 aromatic carbocycles. The molecule has 0 fully saturated rings. The molecule has 0 aliphatic rings. The van der Waals surface area contributed by atoms with Gasteiger partial charge in [-0.3, -0.25) is 9.20 Å². The number of carbonyl (C=O) groups is 1. The molecule has 0 aliphatic heterocycles. The summed E-state index contributed by atoms with van der Waals surface area (Å²) in [4.78, 5) is 20.6. The molecule has 3 rings (SSSR count). The van der Waals surface area contributed by atoms with Crippen molar-refractivity contribution in [3.05, 3.63) is 42.0 Å². The Morgan fingerprint density at radius 2 is 2.18 bits per heavy atom. The summed E-state index contributed by atoms with van der Waals surface area (Å²) in [5.74, 6) is 0.413. The van der Waals surface area contributed by atoms with Crippen LogP contribution in [0.3, 0.4) is 0 Å². The van der Waals surface area contributed by atoms with Gasteiger partial charge in [-0.2, -0.15) is 0 Å². The summed E-state index contributed by atoms with van der Waals surface area (Å²) in [6.45, 7) is 6.26. The first kappa shape index (κ1) is 14.2. The first-order valence-electron chi connectivity index (χ1n) is 7.01. The highest BCUT2D eigenvalue weighted by Crippen LogP contribution is 2.08. The van der Waals surface area contributed by atoms with Gasteiger partial charge >= 0.3 is 0 Å². The monoisotopic (exact) mass is 299 g/mol. The maximum Gasteiger partial charge on any atom is 0.289 e. The average Bonchev–Trinajstić information content (AvgIpc) is 3.13. The normalized spacial score (nSPS) is 12.5. The third-order valence-corrected chi connectivity index (χ3v) is 3.49. The molecule has 1 N–H and O–H groups in total. The highest BCUT2D eigenvalue weighted by molar-refractivity contribution is 5.91. The van der Waals surface area contributed by atoms with E-state index in [9.17, 15) is 4.79 Å². The lowest BCUT2D eigenvalue weighted by Gasteiger charge is -2.13. The number of carbonyl (C=O) groups excluding carboxylic acids is 1. The second-order valence-corrected chi connectivity index (χ2v) is 5.27. The van der Waals surface area contributed by atoms with E-state index in [1.54, 1.807) is 16.9 Å². The van der Waals surface area contributed by atoms with Gasteiger partial charge in [-0.1, -0.05) is 0 Å². The predicted molar refractivity (Wildman–Crippen MR) is 79.5 cm³/mol. The number of hydrogen-bond donors (Lipinski definition) is 1. The molecule has 22 heavy (non-hydrogen) atoms. The summed E-state index contributed by atoms with van der Waals surface area (Å²) in [5, 5.41) is 10.8. The van der Waals surface area contributed by atoms with Crippen LogP contribution < -0.4 is 5.32 Å². The van der Waals surface area contributed by atoms with Crippen molar-refractivity contribution in [1.82, 2.24) is 34.4 Å². The Morgan fingerprint density at radius 3 is 2.91 bits per heavy atom. The number of aromatic nitrogens is 6. The van der Waals surface area contributed by atoms with Crippen LogP contribution in [-0.2, 0) is 0 Å². The van der Waals surface area contributed by atoms with Gasteiger partial charge in [0, 0.05) is 36.4 Å². The maximum atomic E-state index is 12.3. The van der Waals surface area contributed by atoms with E-state index in [1.165, 1.54) is 0 Å². The molecule has 0 radical (unpaired) electrons. The SMILES string of the molecule is Cc1cc(C)n2c(C(=O)NCC(C)n3ccnc3)nnc2n1. The third kappa shape index (κ3) is 2.54. The van der Waals surface area contributed by atoms with E-state index in [2.05, 4.69) is 25.5 Å². The highest BCUT2D eigenvalue weighted by Gasteiger charge is 2.17. The fraction of sp³-hybridized carbons (Fsp3) is 0.357.